The molecule has 142 valence electrons. The first-order valence-electron chi connectivity index (χ1n) is 8.66. The van der Waals surface area contributed by atoms with Crippen LogP contribution in [0, 0.1) is 0 Å². The molecule has 1 heterocycles. The highest BCUT2D eigenvalue weighted by molar-refractivity contribution is 14.0. The van der Waals surface area contributed by atoms with Gasteiger partial charge in [0.05, 0.1) is 19.3 Å². The van der Waals surface area contributed by atoms with Gasteiger partial charge in [0.2, 0.25) is 0 Å². The second-order valence-corrected chi connectivity index (χ2v) is 5.70. The average molecular weight is 463 g/mol. The predicted octanol–water partition coefficient (Wildman–Crippen LogP) is 2.56. The van der Waals surface area contributed by atoms with Gasteiger partial charge in [0, 0.05) is 26.8 Å². The number of hydrogen-bond acceptors (Lipinski definition) is 4. The van der Waals surface area contributed by atoms with E-state index in [1.54, 1.807) is 7.11 Å². The molecule has 1 aromatic rings. The average Bonchev–Trinajstić information content (AvgIpc) is 3.12. The summed E-state index contributed by atoms with van der Waals surface area (Å²) >= 11 is 0. The molecule has 0 bridgehead atoms. The van der Waals surface area contributed by atoms with Gasteiger partial charge in [-0.1, -0.05) is 12.1 Å². The van der Waals surface area contributed by atoms with E-state index in [0.29, 0.717) is 25.9 Å². The molecule has 1 atom stereocenters. The van der Waals surface area contributed by atoms with E-state index in [1.165, 1.54) is 0 Å². The lowest BCUT2D eigenvalue weighted by molar-refractivity contribution is 0.114. The van der Waals surface area contributed by atoms with Crippen LogP contribution in [0.3, 0.4) is 0 Å². The third-order valence-corrected chi connectivity index (χ3v) is 3.76. The minimum atomic E-state index is 0. The first kappa shape index (κ1) is 22.0. The highest BCUT2D eigenvalue weighted by atomic mass is 127. The number of halogens is 1. The van der Waals surface area contributed by atoms with Gasteiger partial charge in [-0.2, -0.15) is 0 Å². The molecule has 7 heteroatoms. The lowest BCUT2D eigenvalue weighted by Crippen LogP contribution is -2.41. The Kier molecular flexibility index (Phi) is 11.6. The first-order chi connectivity index (χ1) is 11.8. The van der Waals surface area contributed by atoms with Gasteiger partial charge in [-0.05, 0) is 37.5 Å². The lowest BCUT2D eigenvalue weighted by Gasteiger charge is -2.14. The van der Waals surface area contributed by atoms with Crippen LogP contribution in [0.1, 0.15) is 25.3 Å². The Hall–Kier alpha value is -1.06. The maximum atomic E-state index is 5.63. The molecule has 1 saturated heterocycles. The molecule has 0 spiro atoms. The number of ether oxygens (including phenoxy) is 3. The van der Waals surface area contributed by atoms with Crippen LogP contribution in [0.15, 0.2) is 29.3 Å². The Morgan fingerprint density at radius 2 is 2.04 bits per heavy atom. The van der Waals surface area contributed by atoms with E-state index in [-0.39, 0.29) is 24.0 Å². The molecule has 2 N–H and O–H groups in total. The minimum absolute atomic E-state index is 0. The minimum Gasteiger partial charge on any atom is -0.491 e. The molecule has 25 heavy (non-hydrogen) atoms. The number of benzene rings is 1. The van der Waals surface area contributed by atoms with E-state index >= 15 is 0 Å². The van der Waals surface area contributed by atoms with E-state index in [1.807, 2.05) is 24.3 Å². The van der Waals surface area contributed by atoms with Crippen LogP contribution in [0.5, 0.6) is 5.75 Å². The Bertz CT molecular complexity index is 491. The second kappa shape index (κ2) is 13.2. The van der Waals surface area contributed by atoms with Crippen LogP contribution in [-0.2, 0) is 16.0 Å². The summed E-state index contributed by atoms with van der Waals surface area (Å²) in [6.45, 7) is 6.36. The van der Waals surface area contributed by atoms with Gasteiger partial charge in [0.25, 0.3) is 0 Å². The lowest BCUT2D eigenvalue weighted by atomic mass is 10.2. The molecule has 2 rings (SSSR count). The molecule has 1 aliphatic heterocycles. The third kappa shape index (κ3) is 8.73. The van der Waals surface area contributed by atoms with Crippen molar-refractivity contribution >= 4 is 29.9 Å². The summed E-state index contributed by atoms with van der Waals surface area (Å²) in [7, 11) is 1.67. The quantitative estimate of drug-likeness (QED) is 0.255. The topological polar surface area (TPSA) is 64.1 Å². The Labute approximate surface area is 167 Å². The number of nitrogens with one attached hydrogen (secondary N) is 2. The summed E-state index contributed by atoms with van der Waals surface area (Å²) < 4.78 is 16.2. The molecular weight excluding hydrogens is 433 g/mol. The molecule has 0 aromatic heterocycles. The molecule has 0 aliphatic carbocycles. The normalized spacial score (nSPS) is 17.0. The molecule has 1 fully saturated rings. The summed E-state index contributed by atoms with van der Waals surface area (Å²) in [4.78, 5) is 4.63. The second-order valence-electron chi connectivity index (χ2n) is 5.70. The van der Waals surface area contributed by atoms with Gasteiger partial charge in [0.15, 0.2) is 5.96 Å². The molecule has 1 unspecified atom stereocenters. The molecule has 6 nitrogen and oxygen atoms in total. The van der Waals surface area contributed by atoms with Gasteiger partial charge in [-0.15, -0.1) is 24.0 Å². The van der Waals surface area contributed by atoms with Crippen LogP contribution >= 0.6 is 24.0 Å². The number of hydrogen-bond donors (Lipinski definition) is 2. The van der Waals surface area contributed by atoms with Gasteiger partial charge >= 0.3 is 0 Å². The van der Waals surface area contributed by atoms with Crippen LogP contribution in [-0.4, -0.2) is 52.1 Å². The van der Waals surface area contributed by atoms with Crippen molar-refractivity contribution in [2.24, 2.45) is 4.99 Å². The maximum absolute atomic E-state index is 5.63. The smallest absolute Gasteiger partial charge is 0.191 e. The summed E-state index contributed by atoms with van der Waals surface area (Å²) in [5.74, 6) is 1.68. The van der Waals surface area contributed by atoms with E-state index in [4.69, 9.17) is 14.2 Å². The molecule has 0 radical (unpaired) electrons. The van der Waals surface area contributed by atoms with Gasteiger partial charge in [-0.3, -0.25) is 0 Å². The van der Waals surface area contributed by atoms with Crippen molar-refractivity contribution in [3.63, 3.8) is 0 Å². The van der Waals surface area contributed by atoms with Crippen LogP contribution < -0.4 is 15.4 Å². The number of aliphatic imine (C=N–C) groups is 1. The van der Waals surface area contributed by atoms with Crippen molar-refractivity contribution in [2.45, 2.75) is 32.4 Å². The fourth-order valence-corrected chi connectivity index (χ4v) is 2.46. The van der Waals surface area contributed by atoms with Crippen molar-refractivity contribution in [3.05, 3.63) is 29.8 Å². The largest absolute Gasteiger partial charge is 0.491 e. The zero-order valence-corrected chi connectivity index (χ0v) is 17.5. The van der Waals surface area contributed by atoms with E-state index in [0.717, 1.165) is 49.8 Å². The molecule has 0 saturated carbocycles. The Balaban J connectivity index is 0.00000312. The highest BCUT2D eigenvalue weighted by Gasteiger charge is 2.15. The van der Waals surface area contributed by atoms with Crippen molar-refractivity contribution in [3.8, 4) is 5.75 Å². The summed E-state index contributed by atoms with van der Waals surface area (Å²) in [6, 6.07) is 8.00. The van der Waals surface area contributed by atoms with Gasteiger partial charge in [-0.25, -0.2) is 4.99 Å². The molecule has 1 aromatic carbocycles. The molecule has 0 amide bonds. The fraction of sp³-hybridized carbons (Fsp3) is 0.611. The molecule has 1 aliphatic rings. The van der Waals surface area contributed by atoms with E-state index in [9.17, 15) is 0 Å². The SMILES string of the molecule is CCNC(=NCc1ccc(OCCOC)cc1)NCC1CCCO1.I. The summed E-state index contributed by atoms with van der Waals surface area (Å²) in [6.07, 6.45) is 2.58. The zero-order valence-electron chi connectivity index (χ0n) is 15.1. The number of methoxy groups -OCH3 is 1. The van der Waals surface area contributed by atoms with Gasteiger partial charge in [0.1, 0.15) is 12.4 Å². The number of rotatable bonds is 9. The fourth-order valence-electron chi connectivity index (χ4n) is 2.46. The number of guanidine groups is 1. The van der Waals surface area contributed by atoms with Crippen molar-refractivity contribution in [1.29, 1.82) is 0 Å². The summed E-state index contributed by atoms with van der Waals surface area (Å²) in [5.41, 5.74) is 1.14. The standard InChI is InChI=1S/C18H29N3O3.HI/c1-3-19-18(21-14-17-5-4-10-23-17)20-13-15-6-8-16(9-7-15)24-12-11-22-2;/h6-9,17H,3-5,10-14H2,1-2H3,(H2,19,20,21);1H. The van der Waals surface area contributed by atoms with Crippen LogP contribution in [0.25, 0.3) is 0 Å². The number of nitrogens with zero attached hydrogens (tertiary/aromatic N) is 1. The first-order valence-corrected chi connectivity index (χ1v) is 8.66. The van der Waals surface area contributed by atoms with Crippen molar-refractivity contribution < 1.29 is 14.2 Å². The van der Waals surface area contributed by atoms with Gasteiger partial charge < -0.3 is 24.8 Å². The van der Waals surface area contributed by atoms with Crippen LogP contribution in [0.4, 0.5) is 0 Å². The van der Waals surface area contributed by atoms with Crippen LogP contribution in [0.2, 0.25) is 0 Å². The monoisotopic (exact) mass is 463 g/mol. The Morgan fingerprint density at radius 1 is 1.24 bits per heavy atom. The zero-order chi connectivity index (χ0) is 17.0. The maximum Gasteiger partial charge on any atom is 0.191 e. The van der Waals surface area contributed by atoms with E-state index < -0.39 is 0 Å². The molecular formula is C18H30IN3O3. The highest BCUT2D eigenvalue weighted by Crippen LogP contribution is 2.13. The predicted molar refractivity (Wildman–Crippen MR) is 111 cm³/mol. The summed E-state index contributed by atoms with van der Waals surface area (Å²) in [5, 5.41) is 6.62. The van der Waals surface area contributed by atoms with Crippen molar-refractivity contribution in [1.82, 2.24) is 10.6 Å². The Morgan fingerprint density at radius 3 is 2.68 bits per heavy atom. The van der Waals surface area contributed by atoms with Crippen molar-refractivity contribution in [2.75, 3.05) is 40.0 Å². The third-order valence-electron chi connectivity index (χ3n) is 3.76. The van der Waals surface area contributed by atoms with E-state index in [2.05, 4.69) is 22.5 Å².